The fourth-order valence-electron chi connectivity index (χ4n) is 0.782. The van der Waals surface area contributed by atoms with Crippen LogP contribution in [0.15, 0.2) is 12.3 Å². The van der Waals surface area contributed by atoms with Gasteiger partial charge in [-0.1, -0.05) is 0 Å². The van der Waals surface area contributed by atoms with Gasteiger partial charge in [0.1, 0.15) is 5.60 Å². The molecule has 1 aromatic heterocycles. The van der Waals surface area contributed by atoms with Crippen molar-refractivity contribution in [2.75, 3.05) is 5.43 Å². The number of ether oxygens (including phenoxy) is 1. The maximum atomic E-state index is 5.50. The number of rotatable bonds is 2. The molecule has 0 amide bonds. The third-order valence-corrected chi connectivity index (χ3v) is 1.17. The van der Waals surface area contributed by atoms with Crippen LogP contribution in [-0.4, -0.2) is 15.6 Å². The molecule has 5 nitrogen and oxygen atoms in total. The predicted octanol–water partition coefficient (Wildman–Crippen LogP) is 0.939. The van der Waals surface area contributed by atoms with E-state index in [4.69, 9.17) is 10.6 Å². The van der Waals surface area contributed by atoms with E-state index in [0.717, 1.165) is 0 Å². The van der Waals surface area contributed by atoms with Gasteiger partial charge in [0, 0.05) is 12.3 Å². The van der Waals surface area contributed by atoms with Crippen LogP contribution >= 0.6 is 0 Å². The second-order valence-electron chi connectivity index (χ2n) is 3.58. The number of nitrogens with one attached hydrogen (secondary N) is 1. The lowest BCUT2D eigenvalue weighted by atomic mass is 10.2. The molecule has 0 aliphatic rings. The topological polar surface area (TPSA) is 73.1 Å². The van der Waals surface area contributed by atoms with Crippen LogP contribution in [0.5, 0.6) is 5.88 Å². The molecule has 1 rings (SSSR count). The first-order chi connectivity index (χ1) is 6.01. The third kappa shape index (κ3) is 3.25. The molecule has 0 aliphatic heterocycles. The maximum absolute atomic E-state index is 5.50. The summed E-state index contributed by atoms with van der Waals surface area (Å²) < 4.78 is 5.50. The normalized spacial score (nSPS) is 11.1. The Hall–Kier alpha value is -1.36. The van der Waals surface area contributed by atoms with Crippen LogP contribution in [0.3, 0.4) is 0 Å². The minimum Gasteiger partial charge on any atom is -0.472 e. The summed E-state index contributed by atoms with van der Waals surface area (Å²) in [5, 5.41) is 0. The standard InChI is InChI=1S/C8H14N4O/c1-8(2,3)13-6-4-5-10-7(11-6)12-9/h4-5H,9H2,1-3H3,(H,10,11,12). The van der Waals surface area contributed by atoms with Gasteiger partial charge in [-0.05, 0) is 20.8 Å². The Morgan fingerprint density at radius 1 is 1.46 bits per heavy atom. The predicted molar refractivity (Wildman–Crippen MR) is 50.2 cm³/mol. The van der Waals surface area contributed by atoms with Crippen molar-refractivity contribution < 1.29 is 4.74 Å². The lowest BCUT2D eigenvalue weighted by Gasteiger charge is -2.20. The summed E-state index contributed by atoms with van der Waals surface area (Å²) in [4.78, 5) is 7.87. The Morgan fingerprint density at radius 2 is 2.15 bits per heavy atom. The van der Waals surface area contributed by atoms with Gasteiger partial charge in [-0.3, -0.25) is 5.43 Å². The van der Waals surface area contributed by atoms with E-state index in [-0.39, 0.29) is 5.60 Å². The number of nitrogen functional groups attached to an aromatic ring is 1. The summed E-state index contributed by atoms with van der Waals surface area (Å²) in [5.41, 5.74) is 2.09. The molecule has 72 valence electrons. The van der Waals surface area contributed by atoms with Crippen molar-refractivity contribution in [3.8, 4) is 5.88 Å². The Labute approximate surface area is 77.3 Å². The molecule has 0 spiro atoms. The first-order valence-corrected chi connectivity index (χ1v) is 4.00. The van der Waals surface area contributed by atoms with Crippen molar-refractivity contribution in [2.45, 2.75) is 26.4 Å². The fourth-order valence-corrected chi connectivity index (χ4v) is 0.782. The lowest BCUT2D eigenvalue weighted by molar-refractivity contribution is 0.124. The quantitative estimate of drug-likeness (QED) is 0.526. The molecule has 0 fully saturated rings. The second kappa shape index (κ2) is 3.57. The Kier molecular flexibility index (Phi) is 2.67. The highest BCUT2D eigenvalue weighted by molar-refractivity contribution is 5.25. The summed E-state index contributed by atoms with van der Waals surface area (Å²) in [6, 6.07) is 1.69. The Morgan fingerprint density at radius 3 is 2.69 bits per heavy atom. The molecule has 0 atom stereocenters. The molecule has 0 saturated heterocycles. The number of aromatic nitrogens is 2. The molecule has 1 aromatic rings. The second-order valence-corrected chi connectivity index (χ2v) is 3.58. The van der Waals surface area contributed by atoms with Crippen molar-refractivity contribution in [3.63, 3.8) is 0 Å². The number of hydrogen-bond donors (Lipinski definition) is 2. The molecule has 0 radical (unpaired) electrons. The van der Waals surface area contributed by atoms with E-state index in [2.05, 4.69) is 15.4 Å². The highest BCUT2D eigenvalue weighted by Crippen LogP contribution is 2.15. The zero-order valence-electron chi connectivity index (χ0n) is 8.03. The number of hydrogen-bond acceptors (Lipinski definition) is 5. The number of nitrogens with two attached hydrogens (primary N) is 1. The van der Waals surface area contributed by atoms with Crippen LogP contribution < -0.4 is 16.0 Å². The summed E-state index contributed by atoms with van der Waals surface area (Å²) in [5.74, 6) is 6.01. The van der Waals surface area contributed by atoms with Crippen LogP contribution in [-0.2, 0) is 0 Å². The van der Waals surface area contributed by atoms with E-state index in [0.29, 0.717) is 11.8 Å². The maximum Gasteiger partial charge on any atom is 0.240 e. The van der Waals surface area contributed by atoms with Crippen LogP contribution in [0.4, 0.5) is 5.95 Å². The molecule has 5 heteroatoms. The summed E-state index contributed by atoms with van der Waals surface area (Å²) in [7, 11) is 0. The van der Waals surface area contributed by atoms with Gasteiger partial charge < -0.3 is 4.74 Å². The Balaban J connectivity index is 2.78. The van der Waals surface area contributed by atoms with E-state index < -0.39 is 0 Å². The number of nitrogens with zero attached hydrogens (tertiary/aromatic N) is 2. The van der Waals surface area contributed by atoms with Gasteiger partial charge in [-0.15, -0.1) is 0 Å². The van der Waals surface area contributed by atoms with Gasteiger partial charge in [0.2, 0.25) is 11.8 Å². The molecule has 0 bridgehead atoms. The zero-order valence-corrected chi connectivity index (χ0v) is 8.03. The summed E-state index contributed by atoms with van der Waals surface area (Å²) in [6.07, 6.45) is 1.59. The minimum atomic E-state index is -0.264. The lowest BCUT2D eigenvalue weighted by Crippen LogP contribution is -2.24. The molecular weight excluding hydrogens is 168 g/mol. The van der Waals surface area contributed by atoms with Crippen LogP contribution in [0.25, 0.3) is 0 Å². The van der Waals surface area contributed by atoms with E-state index in [1.54, 1.807) is 12.3 Å². The van der Waals surface area contributed by atoms with Gasteiger partial charge in [0.25, 0.3) is 0 Å². The van der Waals surface area contributed by atoms with Crippen molar-refractivity contribution in [1.82, 2.24) is 9.97 Å². The molecule has 0 saturated carbocycles. The van der Waals surface area contributed by atoms with Crippen molar-refractivity contribution >= 4 is 5.95 Å². The van der Waals surface area contributed by atoms with Crippen LogP contribution in [0.1, 0.15) is 20.8 Å². The largest absolute Gasteiger partial charge is 0.472 e. The first-order valence-electron chi connectivity index (χ1n) is 4.00. The minimum absolute atomic E-state index is 0.264. The van der Waals surface area contributed by atoms with Crippen molar-refractivity contribution in [2.24, 2.45) is 5.84 Å². The number of anilines is 1. The highest BCUT2D eigenvalue weighted by atomic mass is 16.5. The molecule has 0 aliphatic carbocycles. The average molecular weight is 182 g/mol. The fraction of sp³-hybridized carbons (Fsp3) is 0.500. The van der Waals surface area contributed by atoms with E-state index in [1.807, 2.05) is 20.8 Å². The molecule has 3 N–H and O–H groups in total. The average Bonchev–Trinajstić information content (AvgIpc) is 2.01. The summed E-state index contributed by atoms with van der Waals surface area (Å²) in [6.45, 7) is 5.85. The summed E-state index contributed by atoms with van der Waals surface area (Å²) >= 11 is 0. The van der Waals surface area contributed by atoms with Crippen LogP contribution in [0.2, 0.25) is 0 Å². The Bertz CT molecular complexity index is 282. The van der Waals surface area contributed by atoms with Gasteiger partial charge in [0.05, 0.1) is 0 Å². The van der Waals surface area contributed by atoms with Gasteiger partial charge in [-0.25, -0.2) is 10.8 Å². The van der Waals surface area contributed by atoms with Gasteiger partial charge in [-0.2, -0.15) is 4.98 Å². The third-order valence-electron chi connectivity index (χ3n) is 1.17. The molecule has 13 heavy (non-hydrogen) atoms. The van der Waals surface area contributed by atoms with Gasteiger partial charge in [0.15, 0.2) is 0 Å². The SMILES string of the molecule is CC(C)(C)Oc1ccnc(NN)n1. The molecular formula is C8H14N4O. The van der Waals surface area contributed by atoms with Gasteiger partial charge >= 0.3 is 0 Å². The highest BCUT2D eigenvalue weighted by Gasteiger charge is 2.12. The van der Waals surface area contributed by atoms with Crippen molar-refractivity contribution in [3.05, 3.63) is 12.3 Å². The molecule has 0 aromatic carbocycles. The smallest absolute Gasteiger partial charge is 0.240 e. The number of hydrazine groups is 1. The van der Waals surface area contributed by atoms with Crippen LogP contribution in [0, 0.1) is 0 Å². The molecule has 0 unspecified atom stereocenters. The van der Waals surface area contributed by atoms with E-state index in [1.165, 1.54) is 0 Å². The van der Waals surface area contributed by atoms with E-state index in [9.17, 15) is 0 Å². The van der Waals surface area contributed by atoms with E-state index >= 15 is 0 Å². The van der Waals surface area contributed by atoms with Crippen molar-refractivity contribution in [1.29, 1.82) is 0 Å². The molecule has 1 heterocycles. The monoisotopic (exact) mass is 182 g/mol. The zero-order chi connectivity index (χ0) is 9.90. The first kappa shape index (κ1) is 9.73.